The predicted molar refractivity (Wildman–Crippen MR) is 124 cm³/mol. The maximum Gasteiger partial charge on any atom is 0.251 e. The van der Waals surface area contributed by atoms with Gasteiger partial charge in [-0.3, -0.25) is 9.78 Å². The van der Waals surface area contributed by atoms with Crippen molar-refractivity contribution in [2.24, 2.45) is 0 Å². The van der Waals surface area contributed by atoms with E-state index < -0.39 is 0 Å². The molecule has 0 unspecified atom stereocenters. The Balaban J connectivity index is 1.40. The van der Waals surface area contributed by atoms with Gasteiger partial charge in [-0.25, -0.2) is 4.98 Å². The van der Waals surface area contributed by atoms with Crippen molar-refractivity contribution in [1.29, 1.82) is 0 Å². The molecule has 2 aromatic carbocycles. The highest BCUT2D eigenvalue weighted by Gasteiger charge is 2.08. The molecule has 4 aromatic rings. The minimum absolute atomic E-state index is 0.0362. The molecule has 6 nitrogen and oxygen atoms in total. The van der Waals surface area contributed by atoms with Crippen LogP contribution in [0, 0.1) is 0 Å². The van der Waals surface area contributed by atoms with Crippen molar-refractivity contribution in [1.82, 2.24) is 25.2 Å². The molecule has 0 fully saturated rings. The lowest BCUT2D eigenvalue weighted by Gasteiger charge is -2.10. The molecule has 0 aliphatic rings. The van der Waals surface area contributed by atoms with Gasteiger partial charge in [0.05, 0.1) is 17.6 Å². The largest absolute Gasteiger partial charge is 0.353 e. The Bertz CT molecular complexity index is 1130. The number of H-pyrrole nitrogens is 1. The van der Waals surface area contributed by atoms with Crippen LogP contribution in [0.3, 0.4) is 0 Å². The number of carbonyl (C=O) groups excluding carboxylic acids is 1. The van der Waals surface area contributed by atoms with Crippen molar-refractivity contribution < 1.29 is 4.79 Å². The van der Waals surface area contributed by atoms with Gasteiger partial charge in [0.25, 0.3) is 5.91 Å². The molecule has 0 saturated carbocycles. The summed E-state index contributed by atoms with van der Waals surface area (Å²) in [5.74, 6) is -0.0362. The second kappa shape index (κ2) is 9.53. The second-order valence-electron chi connectivity index (χ2n) is 7.95. The standard InChI is InChI=1S/C25H27N5O/c1-30(2)13-5-12-27-25(31)19-10-8-18(9-11-19)14-21-16-26-17-24(28-21)23-15-20-6-3-4-7-22(20)29-23/h3-4,6-11,15-17,29H,5,12-14H2,1-2H3,(H,27,31). The van der Waals surface area contributed by atoms with Crippen molar-refractivity contribution in [3.8, 4) is 11.4 Å². The van der Waals surface area contributed by atoms with Crippen molar-refractivity contribution >= 4 is 16.8 Å². The average molecular weight is 414 g/mol. The number of carbonyl (C=O) groups is 1. The summed E-state index contributed by atoms with van der Waals surface area (Å²) < 4.78 is 0. The van der Waals surface area contributed by atoms with Crippen LogP contribution >= 0.6 is 0 Å². The van der Waals surface area contributed by atoms with E-state index in [1.807, 2.05) is 50.5 Å². The lowest BCUT2D eigenvalue weighted by molar-refractivity contribution is 0.0952. The highest BCUT2D eigenvalue weighted by Crippen LogP contribution is 2.22. The van der Waals surface area contributed by atoms with Crippen LogP contribution in [-0.4, -0.2) is 52.9 Å². The van der Waals surface area contributed by atoms with Gasteiger partial charge in [0.2, 0.25) is 0 Å². The topological polar surface area (TPSA) is 73.9 Å². The lowest BCUT2D eigenvalue weighted by Crippen LogP contribution is -2.27. The summed E-state index contributed by atoms with van der Waals surface area (Å²) in [4.78, 5) is 26.9. The van der Waals surface area contributed by atoms with Crippen molar-refractivity contribution in [3.63, 3.8) is 0 Å². The van der Waals surface area contributed by atoms with E-state index in [0.717, 1.165) is 46.5 Å². The van der Waals surface area contributed by atoms with Gasteiger partial charge < -0.3 is 15.2 Å². The number of aromatic amines is 1. The molecule has 158 valence electrons. The minimum atomic E-state index is -0.0362. The Kier molecular flexibility index (Phi) is 6.38. The smallest absolute Gasteiger partial charge is 0.251 e. The van der Waals surface area contributed by atoms with Gasteiger partial charge in [0.1, 0.15) is 5.69 Å². The molecule has 0 atom stereocenters. The molecule has 6 heteroatoms. The van der Waals surface area contributed by atoms with Crippen LogP contribution in [0.25, 0.3) is 22.3 Å². The van der Waals surface area contributed by atoms with Crippen LogP contribution in [0.4, 0.5) is 0 Å². The summed E-state index contributed by atoms with van der Waals surface area (Å²) in [6, 6.07) is 17.9. The van der Waals surface area contributed by atoms with Gasteiger partial charge in [0.15, 0.2) is 0 Å². The van der Waals surface area contributed by atoms with Gasteiger partial charge in [-0.15, -0.1) is 0 Å². The quantitative estimate of drug-likeness (QED) is 0.430. The van der Waals surface area contributed by atoms with E-state index in [9.17, 15) is 4.79 Å². The highest BCUT2D eigenvalue weighted by atomic mass is 16.1. The minimum Gasteiger partial charge on any atom is -0.353 e. The fourth-order valence-electron chi connectivity index (χ4n) is 3.52. The molecule has 2 aromatic heterocycles. The van der Waals surface area contributed by atoms with Gasteiger partial charge >= 0.3 is 0 Å². The number of fused-ring (bicyclic) bond motifs is 1. The maximum atomic E-state index is 12.3. The molecule has 0 aliphatic heterocycles. The molecule has 2 N–H and O–H groups in total. The van der Waals surface area contributed by atoms with Crippen LogP contribution in [0.1, 0.15) is 28.0 Å². The number of hydrogen-bond donors (Lipinski definition) is 2. The summed E-state index contributed by atoms with van der Waals surface area (Å²) in [6.45, 7) is 1.63. The van der Waals surface area contributed by atoms with Crippen LogP contribution in [0.2, 0.25) is 0 Å². The van der Waals surface area contributed by atoms with E-state index in [-0.39, 0.29) is 5.91 Å². The molecule has 31 heavy (non-hydrogen) atoms. The van der Waals surface area contributed by atoms with Gasteiger partial charge in [-0.2, -0.15) is 0 Å². The molecule has 1 amide bonds. The number of hydrogen-bond acceptors (Lipinski definition) is 4. The monoisotopic (exact) mass is 413 g/mol. The number of nitrogens with one attached hydrogen (secondary N) is 2. The average Bonchev–Trinajstić information content (AvgIpc) is 3.22. The molecule has 0 spiro atoms. The Morgan fingerprint density at radius 1 is 1.06 bits per heavy atom. The zero-order valence-corrected chi connectivity index (χ0v) is 17.9. The first-order valence-corrected chi connectivity index (χ1v) is 10.5. The van der Waals surface area contributed by atoms with Gasteiger partial charge in [0, 0.05) is 35.6 Å². The van der Waals surface area contributed by atoms with E-state index in [1.54, 1.807) is 12.4 Å². The number of rotatable bonds is 8. The molecule has 0 radical (unpaired) electrons. The first-order chi connectivity index (χ1) is 15.1. The molecular formula is C25H27N5O. The SMILES string of the molecule is CN(C)CCCNC(=O)c1ccc(Cc2cncc(-c3cc4ccccc4[nH]3)n2)cc1. The van der Waals surface area contributed by atoms with E-state index in [4.69, 9.17) is 4.98 Å². The first kappa shape index (κ1) is 20.8. The van der Waals surface area contributed by atoms with Crippen LogP contribution in [-0.2, 0) is 6.42 Å². The fourth-order valence-corrected chi connectivity index (χ4v) is 3.52. The van der Waals surface area contributed by atoms with Crippen molar-refractivity contribution in [2.45, 2.75) is 12.8 Å². The summed E-state index contributed by atoms with van der Waals surface area (Å²) in [7, 11) is 4.06. The summed E-state index contributed by atoms with van der Waals surface area (Å²) in [5, 5.41) is 4.12. The maximum absolute atomic E-state index is 12.3. The Hall–Kier alpha value is -3.51. The molecular weight excluding hydrogens is 386 g/mol. The highest BCUT2D eigenvalue weighted by molar-refractivity contribution is 5.94. The second-order valence-corrected chi connectivity index (χ2v) is 7.95. The van der Waals surface area contributed by atoms with E-state index in [0.29, 0.717) is 18.5 Å². The van der Waals surface area contributed by atoms with Gasteiger partial charge in [-0.05, 0) is 56.9 Å². The molecule has 4 rings (SSSR count). The van der Waals surface area contributed by atoms with Crippen LogP contribution in [0.5, 0.6) is 0 Å². The summed E-state index contributed by atoms with van der Waals surface area (Å²) in [6.07, 6.45) is 5.16. The number of benzene rings is 2. The van der Waals surface area contributed by atoms with E-state index >= 15 is 0 Å². The lowest BCUT2D eigenvalue weighted by atomic mass is 10.1. The summed E-state index contributed by atoms with van der Waals surface area (Å²) in [5.41, 5.74) is 5.51. The number of para-hydroxylation sites is 1. The Morgan fingerprint density at radius 2 is 1.87 bits per heavy atom. The predicted octanol–water partition coefficient (Wildman–Crippen LogP) is 3.90. The molecule has 0 bridgehead atoms. The van der Waals surface area contributed by atoms with Crippen LogP contribution in [0.15, 0.2) is 67.0 Å². The Morgan fingerprint density at radius 3 is 2.65 bits per heavy atom. The van der Waals surface area contributed by atoms with Gasteiger partial charge in [-0.1, -0.05) is 30.3 Å². The number of nitrogens with zero attached hydrogens (tertiary/aromatic N) is 3. The van der Waals surface area contributed by atoms with Crippen LogP contribution < -0.4 is 5.32 Å². The zero-order chi connectivity index (χ0) is 21.6. The third-order valence-corrected chi connectivity index (χ3v) is 5.16. The molecule has 0 aliphatic carbocycles. The Labute approximate surface area is 182 Å². The normalized spacial score (nSPS) is 11.2. The first-order valence-electron chi connectivity index (χ1n) is 10.5. The van der Waals surface area contributed by atoms with Crippen molar-refractivity contribution in [3.05, 3.63) is 83.8 Å². The number of aromatic nitrogens is 3. The third kappa shape index (κ3) is 5.35. The summed E-state index contributed by atoms with van der Waals surface area (Å²) >= 11 is 0. The van der Waals surface area contributed by atoms with Crippen molar-refractivity contribution in [2.75, 3.05) is 27.2 Å². The third-order valence-electron chi connectivity index (χ3n) is 5.16. The molecule has 2 heterocycles. The number of amides is 1. The van der Waals surface area contributed by atoms with E-state index in [2.05, 4.69) is 38.4 Å². The fraction of sp³-hybridized carbons (Fsp3) is 0.240. The van der Waals surface area contributed by atoms with E-state index in [1.165, 1.54) is 0 Å². The molecule has 0 saturated heterocycles. The zero-order valence-electron chi connectivity index (χ0n) is 17.9.